The summed E-state index contributed by atoms with van der Waals surface area (Å²) in [5.74, 6) is -0.147. The van der Waals surface area contributed by atoms with Gasteiger partial charge in [-0.25, -0.2) is 0 Å². The maximum atomic E-state index is 13.4. The Hall–Kier alpha value is -3.75. The number of carbonyl (C=O) groups is 1. The first-order valence-corrected chi connectivity index (χ1v) is 11.3. The average Bonchev–Trinajstić information content (AvgIpc) is 3.56. The van der Waals surface area contributed by atoms with Crippen molar-refractivity contribution < 1.29 is 4.79 Å². The van der Waals surface area contributed by atoms with Crippen molar-refractivity contribution in [1.29, 1.82) is 0 Å². The van der Waals surface area contributed by atoms with Gasteiger partial charge in [0, 0.05) is 42.3 Å². The molecular weight excluding hydrogens is 426 g/mol. The molecule has 3 aromatic rings. The number of nitrogens with one attached hydrogen (secondary N) is 3. The van der Waals surface area contributed by atoms with Gasteiger partial charge in [-0.3, -0.25) is 14.8 Å². The molecule has 2 aromatic heterocycles. The van der Waals surface area contributed by atoms with E-state index in [0.29, 0.717) is 11.3 Å². The quantitative estimate of drug-likeness (QED) is 0.472. The summed E-state index contributed by atoms with van der Waals surface area (Å²) in [6.45, 7) is 1.57. The van der Waals surface area contributed by atoms with E-state index in [9.17, 15) is 4.79 Å². The predicted octanol–water partition coefficient (Wildman–Crippen LogP) is 2.97. The number of anilines is 2. The van der Waals surface area contributed by atoms with Gasteiger partial charge in [0.05, 0.1) is 28.8 Å². The fourth-order valence-electron chi connectivity index (χ4n) is 4.25. The lowest BCUT2D eigenvalue weighted by Crippen LogP contribution is -2.19. The molecule has 8 nitrogen and oxygen atoms in total. The van der Waals surface area contributed by atoms with Crippen molar-refractivity contribution >= 4 is 22.9 Å². The van der Waals surface area contributed by atoms with Crippen molar-refractivity contribution in [2.45, 2.75) is 19.3 Å². The van der Waals surface area contributed by atoms with Crippen LogP contribution < -0.4 is 16.0 Å². The standard InChI is InChI=1S/C26H29N7O/c1-32(2)14-16-9-18(12-27-11-16)17-5-8-22-21(10-17)23(24-25(30-22)31-24)26(34)29-19-6-7-20(28-13-19)15-33(3)4/h5-13,25,30-31H,14-15H2,1-4H3,(H,29,34). The third-order valence-electron chi connectivity index (χ3n) is 5.78. The third-order valence-corrected chi connectivity index (χ3v) is 5.78. The van der Waals surface area contributed by atoms with Crippen LogP contribution in [0.25, 0.3) is 16.7 Å². The number of hydrogen-bond acceptors (Lipinski definition) is 7. The van der Waals surface area contributed by atoms with Crippen LogP contribution in [0.5, 0.6) is 0 Å². The summed E-state index contributed by atoms with van der Waals surface area (Å²) in [6, 6.07) is 12.1. The Morgan fingerprint density at radius 3 is 2.50 bits per heavy atom. The number of rotatable bonds is 7. The molecule has 1 atom stereocenters. The highest BCUT2D eigenvalue weighted by Gasteiger charge is 2.40. The number of amides is 1. The molecule has 174 valence electrons. The number of nitrogens with zero attached hydrogens (tertiary/aromatic N) is 4. The number of benzene rings is 1. The molecule has 2 aliphatic heterocycles. The second-order valence-corrected chi connectivity index (χ2v) is 9.32. The molecular formula is C26H29N7O. The van der Waals surface area contributed by atoms with Crippen molar-refractivity contribution in [1.82, 2.24) is 25.1 Å². The molecule has 0 radical (unpaired) electrons. The molecule has 1 aromatic carbocycles. The third kappa shape index (κ3) is 4.64. The number of hydrogen-bond donors (Lipinski definition) is 3. The smallest absolute Gasteiger partial charge is 0.258 e. The lowest BCUT2D eigenvalue weighted by molar-refractivity contribution is -0.111. The monoisotopic (exact) mass is 455 g/mol. The van der Waals surface area contributed by atoms with Gasteiger partial charge in [0.1, 0.15) is 6.17 Å². The van der Waals surface area contributed by atoms with Gasteiger partial charge in [0.25, 0.3) is 5.91 Å². The highest BCUT2D eigenvalue weighted by Crippen LogP contribution is 2.40. The fraction of sp³-hybridized carbons (Fsp3) is 0.269. The molecule has 3 N–H and O–H groups in total. The number of fused-ring (bicyclic) bond motifs is 2. The van der Waals surface area contributed by atoms with Crippen LogP contribution in [0.3, 0.4) is 0 Å². The number of pyridine rings is 2. The molecule has 1 unspecified atom stereocenters. The molecule has 0 spiro atoms. The largest absolute Gasteiger partial charge is 0.360 e. The molecule has 5 rings (SSSR count). The van der Waals surface area contributed by atoms with E-state index in [0.717, 1.165) is 52.4 Å². The lowest BCUT2D eigenvalue weighted by atomic mass is 9.94. The second-order valence-electron chi connectivity index (χ2n) is 9.32. The minimum atomic E-state index is -0.147. The molecule has 8 heteroatoms. The zero-order valence-electron chi connectivity index (χ0n) is 19.9. The molecule has 0 bridgehead atoms. The van der Waals surface area contributed by atoms with Crippen LogP contribution in [0.15, 0.2) is 60.7 Å². The van der Waals surface area contributed by atoms with Crippen LogP contribution in [0.2, 0.25) is 0 Å². The minimum absolute atomic E-state index is 0.00442. The van der Waals surface area contributed by atoms with Crippen molar-refractivity contribution in [2.75, 3.05) is 38.8 Å². The summed E-state index contributed by atoms with van der Waals surface area (Å²) < 4.78 is 0. The van der Waals surface area contributed by atoms with E-state index >= 15 is 0 Å². The van der Waals surface area contributed by atoms with E-state index in [-0.39, 0.29) is 12.1 Å². The molecule has 34 heavy (non-hydrogen) atoms. The van der Waals surface area contributed by atoms with Gasteiger partial charge < -0.3 is 25.8 Å². The Bertz CT molecular complexity index is 1260. The van der Waals surface area contributed by atoms with Gasteiger partial charge in [-0.1, -0.05) is 6.07 Å². The van der Waals surface area contributed by atoms with Gasteiger partial charge in [-0.15, -0.1) is 0 Å². The van der Waals surface area contributed by atoms with Crippen LogP contribution in [0, 0.1) is 0 Å². The normalized spacial score (nSPS) is 16.0. The van der Waals surface area contributed by atoms with Crippen molar-refractivity contribution in [3.63, 3.8) is 0 Å². The summed E-state index contributed by atoms with van der Waals surface area (Å²) >= 11 is 0. The zero-order chi connectivity index (χ0) is 23.8. The van der Waals surface area contributed by atoms with Crippen molar-refractivity contribution in [3.05, 3.63) is 77.5 Å². The summed E-state index contributed by atoms with van der Waals surface area (Å²) in [4.78, 5) is 26.4. The molecule has 1 fully saturated rings. The zero-order valence-corrected chi connectivity index (χ0v) is 19.9. The Labute approximate surface area is 199 Å². The van der Waals surface area contributed by atoms with Crippen LogP contribution in [-0.4, -0.2) is 60.0 Å². The first-order valence-electron chi connectivity index (χ1n) is 11.3. The summed E-state index contributed by atoms with van der Waals surface area (Å²) in [6.07, 6.45) is 5.47. The average molecular weight is 456 g/mol. The maximum Gasteiger partial charge on any atom is 0.258 e. The Balaban J connectivity index is 1.42. The van der Waals surface area contributed by atoms with Gasteiger partial charge in [0.15, 0.2) is 0 Å². The molecule has 4 heterocycles. The van der Waals surface area contributed by atoms with Gasteiger partial charge in [-0.2, -0.15) is 0 Å². The van der Waals surface area contributed by atoms with E-state index in [1.807, 2.05) is 58.8 Å². The highest BCUT2D eigenvalue weighted by atomic mass is 16.1. The topological polar surface area (TPSA) is 95.3 Å². The first kappa shape index (κ1) is 22.1. The maximum absolute atomic E-state index is 13.4. The van der Waals surface area contributed by atoms with E-state index in [4.69, 9.17) is 0 Å². The summed E-state index contributed by atoms with van der Waals surface area (Å²) in [5.41, 5.74) is 8.21. The Kier molecular flexibility index (Phi) is 5.77. The summed E-state index contributed by atoms with van der Waals surface area (Å²) in [5, 5.41) is 9.74. The number of aromatic nitrogens is 2. The van der Waals surface area contributed by atoms with Gasteiger partial charge in [-0.05, 0) is 69.6 Å². The van der Waals surface area contributed by atoms with E-state index < -0.39 is 0 Å². The molecule has 0 aliphatic carbocycles. The minimum Gasteiger partial charge on any atom is -0.360 e. The Morgan fingerprint density at radius 2 is 1.76 bits per heavy atom. The van der Waals surface area contributed by atoms with Gasteiger partial charge in [0.2, 0.25) is 0 Å². The predicted molar refractivity (Wildman–Crippen MR) is 135 cm³/mol. The first-order chi connectivity index (χ1) is 16.4. The number of carbonyl (C=O) groups excluding carboxylic acids is 1. The lowest BCUT2D eigenvalue weighted by Gasteiger charge is -2.18. The van der Waals surface area contributed by atoms with Crippen LogP contribution in [0.1, 0.15) is 16.8 Å². The molecule has 0 saturated carbocycles. The van der Waals surface area contributed by atoms with E-state index in [1.54, 1.807) is 6.20 Å². The molecule has 1 amide bonds. The van der Waals surface area contributed by atoms with Crippen LogP contribution in [-0.2, 0) is 17.9 Å². The summed E-state index contributed by atoms with van der Waals surface area (Å²) in [7, 11) is 8.08. The van der Waals surface area contributed by atoms with E-state index in [1.165, 1.54) is 0 Å². The van der Waals surface area contributed by atoms with Crippen LogP contribution in [0.4, 0.5) is 11.4 Å². The molecule has 1 saturated heterocycles. The SMILES string of the molecule is CN(C)Cc1cncc(-c2ccc3c(c2)C(C(=O)Nc2ccc(CN(C)C)nc2)=C2NC2N3)c1. The van der Waals surface area contributed by atoms with Crippen LogP contribution >= 0.6 is 0 Å². The fourth-order valence-corrected chi connectivity index (χ4v) is 4.25. The van der Waals surface area contributed by atoms with E-state index in [2.05, 4.69) is 53.9 Å². The highest BCUT2D eigenvalue weighted by molar-refractivity contribution is 6.28. The second kappa shape index (κ2) is 8.89. The van der Waals surface area contributed by atoms with Gasteiger partial charge >= 0.3 is 0 Å². The van der Waals surface area contributed by atoms with Crippen molar-refractivity contribution in [3.8, 4) is 11.1 Å². The Morgan fingerprint density at radius 1 is 0.941 bits per heavy atom. The van der Waals surface area contributed by atoms with Crippen molar-refractivity contribution in [2.24, 2.45) is 0 Å². The molecule has 2 aliphatic rings.